The third-order valence-corrected chi connectivity index (χ3v) is 3.94. The SMILES string of the molecule is Cc1cc(C)c(N([O])c2ccc(C(C)C)cc2C)c(C)c1. The van der Waals surface area contributed by atoms with Crippen molar-refractivity contribution in [1.29, 1.82) is 0 Å². The molecule has 0 spiro atoms. The van der Waals surface area contributed by atoms with Crippen molar-refractivity contribution in [2.24, 2.45) is 0 Å². The van der Waals surface area contributed by atoms with Gasteiger partial charge in [0.05, 0.1) is 11.4 Å². The summed E-state index contributed by atoms with van der Waals surface area (Å²) >= 11 is 0. The van der Waals surface area contributed by atoms with Crippen molar-refractivity contribution in [1.82, 2.24) is 0 Å². The van der Waals surface area contributed by atoms with Crippen LogP contribution in [0.1, 0.15) is 47.6 Å². The Hall–Kier alpha value is -1.80. The molecule has 2 nitrogen and oxygen atoms in total. The number of hydrogen-bond acceptors (Lipinski definition) is 1. The molecule has 2 aromatic carbocycles. The van der Waals surface area contributed by atoms with Crippen molar-refractivity contribution in [3.63, 3.8) is 0 Å². The Morgan fingerprint density at radius 1 is 0.857 bits per heavy atom. The summed E-state index contributed by atoms with van der Waals surface area (Å²) in [6.07, 6.45) is 0. The monoisotopic (exact) mass is 282 g/mol. The van der Waals surface area contributed by atoms with Gasteiger partial charge in [0.1, 0.15) is 0 Å². The Bertz CT molecular complexity index is 636. The summed E-state index contributed by atoms with van der Waals surface area (Å²) < 4.78 is 0. The minimum atomic E-state index is 0.473. The third-order valence-electron chi connectivity index (χ3n) is 3.94. The topological polar surface area (TPSA) is 23.1 Å². The summed E-state index contributed by atoms with van der Waals surface area (Å²) in [6, 6.07) is 10.2. The lowest BCUT2D eigenvalue weighted by atomic mass is 9.99. The van der Waals surface area contributed by atoms with Crippen molar-refractivity contribution in [3.8, 4) is 0 Å². The van der Waals surface area contributed by atoms with Crippen molar-refractivity contribution < 1.29 is 5.21 Å². The number of benzene rings is 2. The largest absolute Gasteiger partial charge is 0.188 e. The molecular weight excluding hydrogens is 258 g/mol. The second-order valence-corrected chi connectivity index (χ2v) is 6.24. The first-order valence-electron chi connectivity index (χ1n) is 7.47. The van der Waals surface area contributed by atoms with Gasteiger partial charge in [0.25, 0.3) is 0 Å². The molecule has 0 N–H and O–H groups in total. The fourth-order valence-corrected chi connectivity index (χ4v) is 2.88. The highest BCUT2D eigenvalue weighted by Crippen LogP contribution is 2.34. The average molecular weight is 282 g/mol. The molecule has 0 aliphatic rings. The van der Waals surface area contributed by atoms with Crippen LogP contribution in [0.25, 0.3) is 0 Å². The molecule has 0 bridgehead atoms. The molecule has 0 fully saturated rings. The molecule has 0 aromatic heterocycles. The quantitative estimate of drug-likeness (QED) is 0.679. The fourth-order valence-electron chi connectivity index (χ4n) is 2.88. The molecule has 0 atom stereocenters. The summed E-state index contributed by atoms with van der Waals surface area (Å²) in [6.45, 7) is 12.4. The Kier molecular flexibility index (Phi) is 4.38. The van der Waals surface area contributed by atoms with Crippen molar-refractivity contribution in [2.45, 2.75) is 47.5 Å². The molecular formula is C19H24NO. The lowest BCUT2D eigenvalue weighted by Crippen LogP contribution is -2.13. The van der Waals surface area contributed by atoms with Gasteiger partial charge in [-0.25, -0.2) is 0 Å². The molecule has 0 aliphatic carbocycles. The minimum absolute atomic E-state index is 0.473. The highest BCUT2D eigenvalue weighted by Gasteiger charge is 2.16. The lowest BCUT2D eigenvalue weighted by Gasteiger charge is -2.22. The average Bonchev–Trinajstić information content (AvgIpc) is 2.36. The van der Waals surface area contributed by atoms with Gasteiger partial charge in [-0.15, -0.1) is 0 Å². The van der Waals surface area contributed by atoms with E-state index in [9.17, 15) is 5.21 Å². The maximum atomic E-state index is 12.8. The zero-order valence-electron chi connectivity index (χ0n) is 13.8. The summed E-state index contributed by atoms with van der Waals surface area (Å²) in [5.74, 6) is 0.473. The minimum Gasteiger partial charge on any atom is -0.188 e. The van der Waals surface area contributed by atoms with Crippen LogP contribution in [0, 0.1) is 27.7 Å². The molecule has 0 saturated heterocycles. The zero-order chi connectivity index (χ0) is 15.7. The normalized spacial score (nSPS) is 11.0. The van der Waals surface area contributed by atoms with E-state index in [1.807, 2.05) is 26.8 Å². The second kappa shape index (κ2) is 5.90. The van der Waals surface area contributed by atoms with Gasteiger partial charge in [0, 0.05) is 0 Å². The number of nitrogens with zero attached hydrogens (tertiary/aromatic N) is 1. The van der Waals surface area contributed by atoms with Crippen LogP contribution in [0.2, 0.25) is 0 Å². The molecule has 2 heteroatoms. The standard InChI is InChI=1S/C19H24NO/c1-12(2)17-7-8-18(14(4)11-17)20(21)19-15(5)9-13(3)10-16(19)6/h7-12H,1-6H3. The van der Waals surface area contributed by atoms with Crippen LogP contribution in [-0.2, 0) is 5.21 Å². The van der Waals surface area contributed by atoms with Gasteiger partial charge < -0.3 is 0 Å². The van der Waals surface area contributed by atoms with Crippen LogP contribution in [0.4, 0.5) is 11.4 Å². The van der Waals surface area contributed by atoms with E-state index in [0.29, 0.717) is 5.92 Å². The molecule has 0 heterocycles. The van der Waals surface area contributed by atoms with E-state index in [1.165, 1.54) is 11.1 Å². The molecule has 21 heavy (non-hydrogen) atoms. The van der Waals surface area contributed by atoms with Crippen LogP contribution in [-0.4, -0.2) is 0 Å². The lowest BCUT2D eigenvalue weighted by molar-refractivity contribution is 0.195. The molecule has 0 unspecified atom stereocenters. The van der Waals surface area contributed by atoms with Crippen molar-refractivity contribution in [2.75, 3.05) is 5.06 Å². The summed E-state index contributed by atoms with van der Waals surface area (Å²) in [5.41, 5.74) is 7.02. The van der Waals surface area contributed by atoms with E-state index in [-0.39, 0.29) is 0 Å². The van der Waals surface area contributed by atoms with Gasteiger partial charge in [-0.3, -0.25) is 0 Å². The predicted molar refractivity (Wildman–Crippen MR) is 88.7 cm³/mol. The van der Waals surface area contributed by atoms with Crippen molar-refractivity contribution in [3.05, 3.63) is 58.1 Å². The first-order valence-corrected chi connectivity index (χ1v) is 7.47. The first kappa shape index (κ1) is 15.6. The van der Waals surface area contributed by atoms with Gasteiger partial charge in [-0.2, -0.15) is 5.06 Å². The van der Waals surface area contributed by atoms with Gasteiger partial charge in [0.15, 0.2) is 0 Å². The van der Waals surface area contributed by atoms with Gasteiger partial charge in [-0.05, 0) is 61.9 Å². The smallest absolute Gasteiger partial charge is 0.0785 e. The van der Waals surface area contributed by atoms with E-state index in [0.717, 1.165) is 33.1 Å². The number of anilines is 2. The second-order valence-electron chi connectivity index (χ2n) is 6.24. The van der Waals surface area contributed by atoms with Gasteiger partial charge >= 0.3 is 0 Å². The Morgan fingerprint density at radius 3 is 1.90 bits per heavy atom. The molecule has 0 saturated carbocycles. The molecule has 0 aliphatic heterocycles. The zero-order valence-corrected chi connectivity index (χ0v) is 13.8. The van der Waals surface area contributed by atoms with E-state index in [4.69, 9.17) is 0 Å². The summed E-state index contributed by atoms with van der Waals surface area (Å²) in [4.78, 5) is 0. The summed E-state index contributed by atoms with van der Waals surface area (Å²) in [7, 11) is 0. The molecule has 111 valence electrons. The van der Waals surface area contributed by atoms with E-state index >= 15 is 0 Å². The fraction of sp³-hybridized carbons (Fsp3) is 0.368. The maximum Gasteiger partial charge on any atom is 0.0785 e. The third kappa shape index (κ3) is 3.11. The van der Waals surface area contributed by atoms with Crippen LogP contribution in [0.3, 0.4) is 0 Å². The highest BCUT2D eigenvalue weighted by molar-refractivity contribution is 5.69. The Morgan fingerprint density at radius 2 is 1.43 bits per heavy atom. The van der Waals surface area contributed by atoms with Gasteiger partial charge in [0.2, 0.25) is 0 Å². The van der Waals surface area contributed by atoms with E-state index in [1.54, 1.807) is 0 Å². The highest BCUT2D eigenvalue weighted by atomic mass is 16.5. The molecule has 1 radical (unpaired) electrons. The number of rotatable bonds is 3. The van der Waals surface area contributed by atoms with Crippen LogP contribution in [0.5, 0.6) is 0 Å². The van der Waals surface area contributed by atoms with Crippen LogP contribution < -0.4 is 5.06 Å². The van der Waals surface area contributed by atoms with Crippen LogP contribution in [0.15, 0.2) is 30.3 Å². The predicted octanol–water partition coefficient (Wildman–Crippen LogP) is 5.53. The number of hydrogen-bond donors (Lipinski definition) is 0. The Labute approximate surface area is 128 Å². The Balaban J connectivity index is 2.48. The number of aryl methyl sites for hydroxylation is 4. The summed E-state index contributed by atoms with van der Waals surface area (Å²) in [5, 5.41) is 13.9. The van der Waals surface area contributed by atoms with Gasteiger partial charge in [-0.1, -0.05) is 48.9 Å². The molecule has 2 aromatic rings. The van der Waals surface area contributed by atoms with E-state index in [2.05, 4.69) is 45.0 Å². The first-order chi connectivity index (χ1) is 9.81. The van der Waals surface area contributed by atoms with E-state index < -0.39 is 0 Å². The molecule has 2 rings (SSSR count). The van der Waals surface area contributed by atoms with Crippen LogP contribution >= 0.6 is 0 Å². The molecule has 0 amide bonds. The van der Waals surface area contributed by atoms with Crippen molar-refractivity contribution >= 4 is 11.4 Å². The maximum absolute atomic E-state index is 12.8.